The Hall–Kier alpha value is -1.23. The molecule has 0 aromatic carbocycles. The second-order valence-corrected chi connectivity index (χ2v) is 4.43. The van der Waals surface area contributed by atoms with Crippen LogP contribution in [0.15, 0.2) is 11.6 Å². The minimum Gasteiger partial charge on any atom is -0.343 e. The van der Waals surface area contributed by atoms with Crippen molar-refractivity contribution in [2.75, 3.05) is 0 Å². The molecule has 1 saturated carbocycles. The fraction of sp³-hybridized carbons (Fsp3) is 0.643. The SMILES string of the molecule is CC#CC(=O)NC1CCC(/C(C)=C\C)CC1. The fourth-order valence-electron chi connectivity index (χ4n) is 2.26. The molecule has 0 unspecified atom stereocenters. The molecule has 0 bridgehead atoms. The molecule has 2 nitrogen and oxygen atoms in total. The van der Waals surface area contributed by atoms with E-state index in [-0.39, 0.29) is 5.91 Å². The van der Waals surface area contributed by atoms with Crippen molar-refractivity contribution in [3.63, 3.8) is 0 Å². The van der Waals surface area contributed by atoms with Gasteiger partial charge in [-0.25, -0.2) is 0 Å². The Labute approximate surface area is 98.5 Å². The van der Waals surface area contributed by atoms with Crippen LogP contribution in [0.25, 0.3) is 0 Å². The van der Waals surface area contributed by atoms with E-state index < -0.39 is 0 Å². The highest BCUT2D eigenvalue weighted by Gasteiger charge is 2.22. The first-order valence-electron chi connectivity index (χ1n) is 6.03. The molecule has 0 saturated heterocycles. The van der Waals surface area contributed by atoms with Crippen LogP contribution < -0.4 is 5.32 Å². The van der Waals surface area contributed by atoms with Crippen molar-refractivity contribution >= 4 is 5.91 Å². The zero-order valence-corrected chi connectivity index (χ0v) is 10.5. The highest BCUT2D eigenvalue weighted by molar-refractivity contribution is 5.93. The first-order chi connectivity index (χ1) is 7.67. The molecule has 0 aromatic rings. The third-order valence-corrected chi connectivity index (χ3v) is 3.40. The third-order valence-electron chi connectivity index (χ3n) is 3.40. The van der Waals surface area contributed by atoms with Crippen LogP contribution in [0.4, 0.5) is 0 Å². The summed E-state index contributed by atoms with van der Waals surface area (Å²) in [7, 11) is 0. The van der Waals surface area contributed by atoms with Crippen molar-refractivity contribution in [1.82, 2.24) is 5.32 Å². The van der Waals surface area contributed by atoms with Gasteiger partial charge in [0.05, 0.1) is 0 Å². The van der Waals surface area contributed by atoms with Crippen molar-refractivity contribution in [3.8, 4) is 11.8 Å². The van der Waals surface area contributed by atoms with Crippen LogP contribution in [0.2, 0.25) is 0 Å². The summed E-state index contributed by atoms with van der Waals surface area (Å²) in [5.41, 5.74) is 1.48. The van der Waals surface area contributed by atoms with Gasteiger partial charge in [-0.2, -0.15) is 0 Å². The highest BCUT2D eigenvalue weighted by atomic mass is 16.1. The van der Waals surface area contributed by atoms with Crippen molar-refractivity contribution in [2.45, 2.75) is 52.5 Å². The molecule has 1 aliphatic carbocycles. The predicted octanol–water partition coefficient (Wildman–Crippen LogP) is 2.65. The molecule has 1 aliphatic rings. The number of nitrogens with one attached hydrogen (secondary N) is 1. The number of carbonyl (C=O) groups excluding carboxylic acids is 1. The first kappa shape index (κ1) is 12.8. The maximum absolute atomic E-state index is 11.3. The standard InChI is InChI=1S/C14H21NO/c1-4-6-14(16)15-13-9-7-12(8-10-13)11(3)5-2/h5,12-13H,7-10H2,1-3H3,(H,15,16)/b11-5-. The van der Waals surface area contributed by atoms with Gasteiger partial charge in [-0.15, -0.1) is 0 Å². The number of amides is 1. The van der Waals surface area contributed by atoms with Crippen LogP contribution in [-0.4, -0.2) is 11.9 Å². The number of rotatable bonds is 2. The molecule has 88 valence electrons. The molecule has 16 heavy (non-hydrogen) atoms. The maximum atomic E-state index is 11.3. The largest absolute Gasteiger partial charge is 0.343 e. The van der Waals surface area contributed by atoms with Crippen molar-refractivity contribution in [1.29, 1.82) is 0 Å². The first-order valence-corrected chi connectivity index (χ1v) is 6.03. The molecule has 0 aliphatic heterocycles. The van der Waals surface area contributed by atoms with Crippen molar-refractivity contribution in [3.05, 3.63) is 11.6 Å². The van der Waals surface area contributed by atoms with Crippen LogP contribution in [0.1, 0.15) is 46.5 Å². The van der Waals surface area contributed by atoms with E-state index in [0.717, 1.165) is 18.8 Å². The molecule has 0 spiro atoms. The minimum atomic E-state index is -0.131. The molecule has 1 N–H and O–H groups in total. The predicted molar refractivity (Wildman–Crippen MR) is 66.8 cm³/mol. The van der Waals surface area contributed by atoms with E-state index in [1.807, 2.05) is 0 Å². The molecule has 0 aromatic heterocycles. The number of hydrogen-bond acceptors (Lipinski definition) is 1. The highest BCUT2D eigenvalue weighted by Crippen LogP contribution is 2.29. The lowest BCUT2D eigenvalue weighted by atomic mass is 9.82. The van der Waals surface area contributed by atoms with E-state index in [0.29, 0.717) is 6.04 Å². The molecule has 1 rings (SSSR count). The summed E-state index contributed by atoms with van der Waals surface area (Å²) >= 11 is 0. The lowest BCUT2D eigenvalue weighted by Gasteiger charge is -2.29. The summed E-state index contributed by atoms with van der Waals surface area (Å²) < 4.78 is 0. The van der Waals surface area contributed by atoms with Crippen LogP contribution in [0.3, 0.4) is 0 Å². The molecule has 1 amide bonds. The number of allylic oxidation sites excluding steroid dienone is 2. The fourth-order valence-corrected chi connectivity index (χ4v) is 2.26. The molecule has 2 heteroatoms. The molecule has 0 heterocycles. The van der Waals surface area contributed by atoms with Crippen LogP contribution in [-0.2, 0) is 4.79 Å². The second-order valence-electron chi connectivity index (χ2n) is 4.43. The minimum absolute atomic E-state index is 0.131. The molecule has 1 fully saturated rings. The van der Waals surface area contributed by atoms with E-state index in [1.165, 1.54) is 18.4 Å². The van der Waals surface area contributed by atoms with Crippen LogP contribution in [0.5, 0.6) is 0 Å². The maximum Gasteiger partial charge on any atom is 0.296 e. The van der Waals surface area contributed by atoms with E-state index in [1.54, 1.807) is 6.92 Å². The average molecular weight is 219 g/mol. The van der Waals surface area contributed by atoms with E-state index in [4.69, 9.17) is 0 Å². The lowest BCUT2D eigenvalue weighted by Crippen LogP contribution is -2.37. The third kappa shape index (κ3) is 3.73. The molecule has 0 radical (unpaired) electrons. The van der Waals surface area contributed by atoms with Crippen molar-refractivity contribution in [2.24, 2.45) is 5.92 Å². The average Bonchev–Trinajstić information content (AvgIpc) is 2.29. The Morgan fingerprint density at radius 2 is 1.94 bits per heavy atom. The van der Waals surface area contributed by atoms with Gasteiger partial charge in [0.2, 0.25) is 0 Å². The number of carbonyl (C=O) groups is 1. The van der Waals surface area contributed by atoms with Gasteiger partial charge >= 0.3 is 0 Å². The van der Waals surface area contributed by atoms with Gasteiger partial charge in [0.1, 0.15) is 0 Å². The molecular weight excluding hydrogens is 198 g/mol. The molecule has 0 atom stereocenters. The Kier molecular flexibility index (Phi) is 5.11. The monoisotopic (exact) mass is 219 g/mol. The van der Waals surface area contributed by atoms with E-state index >= 15 is 0 Å². The van der Waals surface area contributed by atoms with Crippen LogP contribution in [0, 0.1) is 17.8 Å². The molecular formula is C14H21NO. The summed E-state index contributed by atoms with van der Waals surface area (Å²) in [6.07, 6.45) is 6.72. The lowest BCUT2D eigenvalue weighted by molar-refractivity contribution is -0.116. The quantitative estimate of drug-likeness (QED) is 0.561. The van der Waals surface area contributed by atoms with Gasteiger partial charge in [0.25, 0.3) is 5.91 Å². The van der Waals surface area contributed by atoms with Crippen molar-refractivity contribution < 1.29 is 4.79 Å². The summed E-state index contributed by atoms with van der Waals surface area (Å²) in [6.45, 7) is 5.98. The second kappa shape index (κ2) is 6.37. The van der Waals surface area contributed by atoms with Gasteiger partial charge in [-0.3, -0.25) is 4.79 Å². The van der Waals surface area contributed by atoms with Gasteiger partial charge in [0, 0.05) is 6.04 Å². The Morgan fingerprint density at radius 3 is 2.44 bits per heavy atom. The number of hydrogen-bond donors (Lipinski definition) is 1. The van der Waals surface area contributed by atoms with Gasteiger partial charge < -0.3 is 5.32 Å². The zero-order valence-electron chi connectivity index (χ0n) is 10.5. The topological polar surface area (TPSA) is 29.1 Å². The smallest absolute Gasteiger partial charge is 0.296 e. The van der Waals surface area contributed by atoms with E-state index in [2.05, 4.69) is 37.1 Å². The van der Waals surface area contributed by atoms with Crippen LogP contribution >= 0.6 is 0 Å². The van der Waals surface area contributed by atoms with Gasteiger partial charge in [-0.05, 0) is 58.3 Å². The summed E-state index contributed by atoms with van der Waals surface area (Å²) in [6, 6.07) is 0.328. The van der Waals surface area contributed by atoms with Gasteiger partial charge in [-0.1, -0.05) is 17.6 Å². The Morgan fingerprint density at radius 1 is 1.31 bits per heavy atom. The summed E-state index contributed by atoms with van der Waals surface area (Å²) in [4.78, 5) is 11.3. The normalized spacial score (nSPS) is 25.6. The Balaban J connectivity index is 2.37. The Bertz CT molecular complexity index is 324. The zero-order chi connectivity index (χ0) is 12.0. The van der Waals surface area contributed by atoms with E-state index in [9.17, 15) is 4.79 Å². The van der Waals surface area contributed by atoms with Gasteiger partial charge in [0.15, 0.2) is 0 Å². The summed E-state index contributed by atoms with van der Waals surface area (Å²) in [5, 5.41) is 2.97. The summed E-state index contributed by atoms with van der Waals surface area (Å²) in [5.74, 6) is 5.74.